The van der Waals surface area contributed by atoms with Crippen LogP contribution in [-0.2, 0) is 4.79 Å². The Kier molecular flexibility index (Phi) is 3.41. The number of primary amides is 1. The number of ether oxygens (including phenoxy) is 1. The molecule has 1 aromatic heterocycles. The molecule has 0 aliphatic rings. The smallest absolute Gasteiger partial charge is 0.237 e. The lowest BCUT2D eigenvalue weighted by atomic mass is 10.3. The van der Waals surface area contributed by atoms with Crippen molar-refractivity contribution in [2.45, 2.75) is 13.0 Å². The number of rotatable bonds is 4. The van der Waals surface area contributed by atoms with Crippen LogP contribution in [0.3, 0.4) is 0 Å². The van der Waals surface area contributed by atoms with Crippen LogP contribution in [0.5, 0.6) is 5.75 Å². The number of amides is 1. The number of aryl methyl sites for hydroxylation is 1. The topological polar surface area (TPSA) is 91.2 Å². The molecule has 1 aromatic rings. The van der Waals surface area contributed by atoms with Gasteiger partial charge >= 0.3 is 0 Å². The zero-order valence-corrected chi connectivity index (χ0v) is 7.93. The second-order valence-electron chi connectivity index (χ2n) is 2.91. The van der Waals surface area contributed by atoms with Gasteiger partial charge in [0.15, 0.2) is 0 Å². The van der Waals surface area contributed by atoms with Crippen LogP contribution in [0.2, 0.25) is 0 Å². The maximum absolute atomic E-state index is 10.6. The first-order valence-corrected chi connectivity index (χ1v) is 4.20. The van der Waals surface area contributed by atoms with Crippen molar-refractivity contribution in [3.63, 3.8) is 0 Å². The van der Waals surface area contributed by atoms with Crippen LogP contribution in [-0.4, -0.2) is 23.5 Å². The Bertz CT molecular complexity index is 328. The van der Waals surface area contributed by atoms with Gasteiger partial charge in [0, 0.05) is 6.20 Å². The summed E-state index contributed by atoms with van der Waals surface area (Å²) in [6, 6.07) is 2.73. The molecule has 1 heterocycles. The maximum atomic E-state index is 10.6. The van der Waals surface area contributed by atoms with Crippen LogP contribution in [0.15, 0.2) is 18.3 Å². The standard InChI is InChI=1S/C9H13N3O2/c1-6-8(3-2-4-12-6)14-5-7(10)9(11)13/h2-4,7H,5,10H2,1H3,(H2,11,13). The molecule has 5 heteroatoms. The van der Waals surface area contributed by atoms with Crippen molar-refractivity contribution in [1.82, 2.24) is 4.98 Å². The van der Waals surface area contributed by atoms with E-state index in [-0.39, 0.29) is 6.61 Å². The van der Waals surface area contributed by atoms with E-state index in [1.165, 1.54) is 0 Å². The second kappa shape index (κ2) is 4.57. The van der Waals surface area contributed by atoms with Crippen molar-refractivity contribution in [3.05, 3.63) is 24.0 Å². The molecule has 1 unspecified atom stereocenters. The first kappa shape index (κ1) is 10.5. The van der Waals surface area contributed by atoms with Crippen LogP contribution in [0.25, 0.3) is 0 Å². The molecule has 4 N–H and O–H groups in total. The summed E-state index contributed by atoms with van der Waals surface area (Å²) in [5.41, 5.74) is 11.1. The number of carbonyl (C=O) groups is 1. The van der Waals surface area contributed by atoms with Crippen LogP contribution >= 0.6 is 0 Å². The van der Waals surface area contributed by atoms with Gasteiger partial charge in [-0.15, -0.1) is 0 Å². The molecule has 0 aromatic carbocycles. The Hall–Kier alpha value is -1.62. The molecule has 0 aliphatic heterocycles. The molecule has 0 fully saturated rings. The summed E-state index contributed by atoms with van der Waals surface area (Å²) in [6.07, 6.45) is 1.66. The largest absolute Gasteiger partial charge is 0.490 e. The Morgan fingerprint density at radius 2 is 2.43 bits per heavy atom. The molecule has 1 amide bonds. The molecule has 76 valence electrons. The Morgan fingerprint density at radius 1 is 1.71 bits per heavy atom. The first-order valence-electron chi connectivity index (χ1n) is 4.20. The molecular weight excluding hydrogens is 182 g/mol. The molecule has 0 spiro atoms. The van der Waals surface area contributed by atoms with Crippen LogP contribution < -0.4 is 16.2 Å². The van der Waals surface area contributed by atoms with Gasteiger partial charge in [0.05, 0.1) is 5.69 Å². The summed E-state index contributed by atoms with van der Waals surface area (Å²) in [4.78, 5) is 14.6. The lowest BCUT2D eigenvalue weighted by Gasteiger charge is -2.10. The zero-order chi connectivity index (χ0) is 10.6. The van der Waals surface area contributed by atoms with Crippen LogP contribution in [0.4, 0.5) is 0 Å². The normalized spacial score (nSPS) is 12.1. The second-order valence-corrected chi connectivity index (χ2v) is 2.91. The lowest BCUT2D eigenvalue weighted by Crippen LogP contribution is -2.41. The summed E-state index contributed by atoms with van der Waals surface area (Å²) in [5, 5.41) is 0. The SMILES string of the molecule is Cc1ncccc1OCC(N)C(N)=O. The van der Waals surface area contributed by atoms with Gasteiger partial charge in [-0.2, -0.15) is 0 Å². The highest BCUT2D eigenvalue weighted by molar-refractivity contribution is 5.79. The Labute approximate surface area is 82.1 Å². The van der Waals surface area contributed by atoms with Crippen molar-refractivity contribution >= 4 is 5.91 Å². The highest BCUT2D eigenvalue weighted by atomic mass is 16.5. The quantitative estimate of drug-likeness (QED) is 0.682. The number of nitrogens with zero attached hydrogens (tertiary/aromatic N) is 1. The summed E-state index contributed by atoms with van der Waals surface area (Å²) in [7, 11) is 0. The third-order valence-electron chi connectivity index (χ3n) is 1.74. The number of carbonyl (C=O) groups excluding carboxylic acids is 1. The highest BCUT2D eigenvalue weighted by Gasteiger charge is 2.10. The average molecular weight is 195 g/mol. The fourth-order valence-corrected chi connectivity index (χ4v) is 0.884. The van der Waals surface area contributed by atoms with E-state index < -0.39 is 11.9 Å². The third-order valence-corrected chi connectivity index (χ3v) is 1.74. The fourth-order valence-electron chi connectivity index (χ4n) is 0.884. The van der Waals surface area contributed by atoms with E-state index in [1.807, 2.05) is 6.92 Å². The van der Waals surface area contributed by atoms with Gasteiger partial charge in [-0.05, 0) is 19.1 Å². The van der Waals surface area contributed by atoms with E-state index in [9.17, 15) is 4.79 Å². The van der Waals surface area contributed by atoms with Gasteiger partial charge in [0.2, 0.25) is 5.91 Å². The monoisotopic (exact) mass is 195 g/mol. The lowest BCUT2D eigenvalue weighted by molar-refractivity contribution is -0.119. The van der Waals surface area contributed by atoms with Crippen molar-refractivity contribution in [2.24, 2.45) is 11.5 Å². The molecule has 1 rings (SSSR count). The first-order chi connectivity index (χ1) is 6.61. The van der Waals surface area contributed by atoms with E-state index in [0.29, 0.717) is 5.75 Å². The molecule has 0 bridgehead atoms. The zero-order valence-electron chi connectivity index (χ0n) is 7.93. The van der Waals surface area contributed by atoms with E-state index >= 15 is 0 Å². The highest BCUT2D eigenvalue weighted by Crippen LogP contribution is 2.13. The summed E-state index contributed by atoms with van der Waals surface area (Å²) < 4.78 is 5.27. The molecule has 0 saturated carbocycles. The molecule has 0 aliphatic carbocycles. The summed E-state index contributed by atoms with van der Waals surface area (Å²) in [5.74, 6) is 0.0377. The summed E-state index contributed by atoms with van der Waals surface area (Å²) >= 11 is 0. The van der Waals surface area contributed by atoms with Gasteiger partial charge in [-0.3, -0.25) is 9.78 Å². The number of hydrogen-bond donors (Lipinski definition) is 2. The number of pyridine rings is 1. The van der Waals surface area contributed by atoms with E-state index in [1.54, 1.807) is 18.3 Å². The van der Waals surface area contributed by atoms with Crippen molar-refractivity contribution in [3.8, 4) is 5.75 Å². The minimum atomic E-state index is -0.783. The van der Waals surface area contributed by atoms with Gasteiger partial charge in [-0.1, -0.05) is 0 Å². The molecule has 0 radical (unpaired) electrons. The minimum Gasteiger partial charge on any atom is -0.490 e. The molecular formula is C9H13N3O2. The Balaban J connectivity index is 2.54. The predicted octanol–water partition coefficient (Wildman–Crippen LogP) is -0.419. The van der Waals surface area contributed by atoms with E-state index in [0.717, 1.165) is 5.69 Å². The van der Waals surface area contributed by atoms with Crippen molar-refractivity contribution in [2.75, 3.05) is 6.61 Å². The molecule has 0 saturated heterocycles. The van der Waals surface area contributed by atoms with E-state index in [4.69, 9.17) is 16.2 Å². The summed E-state index contributed by atoms with van der Waals surface area (Å²) in [6.45, 7) is 1.88. The maximum Gasteiger partial charge on any atom is 0.237 e. The number of aromatic nitrogens is 1. The fraction of sp³-hybridized carbons (Fsp3) is 0.333. The van der Waals surface area contributed by atoms with Gasteiger partial charge in [0.25, 0.3) is 0 Å². The predicted molar refractivity (Wildman–Crippen MR) is 51.6 cm³/mol. The molecule has 5 nitrogen and oxygen atoms in total. The van der Waals surface area contributed by atoms with Crippen molar-refractivity contribution < 1.29 is 9.53 Å². The van der Waals surface area contributed by atoms with Crippen molar-refractivity contribution in [1.29, 1.82) is 0 Å². The Morgan fingerprint density at radius 3 is 3.00 bits per heavy atom. The number of nitrogens with two attached hydrogens (primary N) is 2. The molecule has 14 heavy (non-hydrogen) atoms. The van der Waals surface area contributed by atoms with Crippen LogP contribution in [0, 0.1) is 6.92 Å². The van der Waals surface area contributed by atoms with E-state index in [2.05, 4.69) is 4.98 Å². The van der Waals surface area contributed by atoms with Crippen LogP contribution in [0.1, 0.15) is 5.69 Å². The number of hydrogen-bond acceptors (Lipinski definition) is 4. The third kappa shape index (κ3) is 2.70. The minimum absolute atomic E-state index is 0.0713. The molecule has 1 atom stereocenters. The average Bonchev–Trinajstić information content (AvgIpc) is 2.16. The van der Waals surface area contributed by atoms with Gasteiger partial charge in [-0.25, -0.2) is 0 Å². The van der Waals surface area contributed by atoms with Gasteiger partial charge < -0.3 is 16.2 Å². The van der Waals surface area contributed by atoms with Gasteiger partial charge in [0.1, 0.15) is 18.4 Å².